The third kappa shape index (κ3) is 2.73. The van der Waals surface area contributed by atoms with Gasteiger partial charge in [-0.3, -0.25) is 4.79 Å². The smallest absolute Gasteiger partial charge is 0.272 e. The largest absolute Gasteiger partial charge is 0.464 e. The number of amides is 1. The number of nitrogens with one attached hydrogen (secondary N) is 1. The van der Waals surface area contributed by atoms with Crippen LogP contribution in [0.1, 0.15) is 54.7 Å². The summed E-state index contributed by atoms with van der Waals surface area (Å²) in [5, 5.41) is 0. The summed E-state index contributed by atoms with van der Waals surface area (Å²) >= 11 is 0. The van der Waals surface area contributed by atoms with Gasteiger partial charge in [-0.15, -0.1) is 0 Å². The summed E-state index contributed by atoms with van der Waals surface area (Å²) in [6, 6.07) is 4.03. The summed E-state index contributed by atoms with van der Waals surface area (Å²) in [5.74, 6) is 2.46. The summed E-state index contributed by atoms with van der Waals surface area (Å²) in [7, 11) is 0. The fraction of sp³-hybridized carbons (Fsp3) is 0.500. The molecular formula is C16H21N3O2. The zero-order valence-corrected chi connectivity index (χ0v) is 12.5. The van der Waals surface area contributed by atoms with Crippen molar-refractivity contribution in [2.75, 3.05) is 6.54 Å². The van der Waals surface area contributed by atoms with Crippen LogP contribution in [0.15, 0.2) is 29.1 Å². The molecule has 5 heteroatoms. The molecule has 1 aliphatic rings. The van der Waals surface area contributed by atoms with Crippen LogP contribution in [0.2, 0.25) is 0 Å². The number of nitrogens with zero attached hydrogens (tertiary/aromatic N) is 2. The molecule has 3 rings (SSSR count). The average molecular weight is 287 g/mol. The molecule has 3 heterocycles. The lowest BCUT2D eigenvalue weighted by molar-refractivity contribution is 0.0513. The Hall–Kier alpha value is -2.04. The minimum atomic E-state index is -0.00107. The number of H-pyrrole nitrogens is 1. The van der Waals surface area contributed by atoms with E-state index >= 15 is 0 Å². The van der Waals surface area contributed by atoms with E-state index in [2.05, 4.69) is 23.8 Å². The molecule has 0 bridgehead atoms. The van der Waals surface area contributed by atoms with Crippen LogP contribution >= 0.6 is 0 Å². The minimum Gasteiger partial charge on any atom is -0.464 e. The van der Waals surface area contributed by atoms with Crippen molar-refractivity contribution in [1.82, 2.24) is 14.9 Å². The molecule has 0 spiro atoms. The molecule has 0 saturated carbocycles. The number of hydrogen-bond acceptors (Lipinski definition) is 3. The van der Waals surface area contributed by atoms with E-state index < -0.39 is 0 Å². The number of rotatable bonds is 3. The van der Waals surface area contributed by atoms with Gasteiger partial charge >= 0.3 is 0 Å². The van der Waals surface area contributed by atoms with Crippen LogP contribution in [0.4, 0.5) is 0 Å². The number of piperidine rings is 1. The molecule has 21 heavy (non-hydrogen) atoms. The van der Waals surface area contributed by atoms with E-state index in [4.69, 9.17) is 4.42 Å². The Morgan fingerprint density at radius 3 is 3.05 bits per heavy atom. The highest BCUT2D eigenvalue weighted by Crippen LogP contribution is 2.35. The van der Waals surface area contributed by atoms with E-state index in [0.29, 0.717) is 11.6 Å². The number of imidazole rings is 1. The summed E-state index contributed by atoms with van der Waals surface area (Å²) < 4.78 is 5.90. The molecule has 2 aromatic rings. The number of carbonyl (C=O) groups excluding carboxylic acids is 1. The van der Waals surface area contributed by atoms with Gasteiger partial charge < -0.3 is 14.3 Å². The maximum Gasteiger partial charge on any atom is 0.272 e. The summed E-state index contributed by atoms with van der Waals surface area (Å²) in [6.45, 7) is 5.06. The predicted molar refractivity (Wildman–Crippen MR) is 78.8 cm³/mol. The summed E-state index contributed by atoms with van der Waals surface area (Å²) in [5.41, 5.74) is 0.539. The Morgan fingerprint density at radius 1 is 1.52 bits per heavy atom. The van der Waals surface area contributed by atoms with Crippen LogP contribution in [0, 0.1) is 5.92 Å². The van der Waals surface area contributed by atoms with Crippen molar-refractivity contribution in [3.05, 3.63) is 41.9 Å². The number of furan rings is 1. The third-order valence-electron chi connectivity index (χ3n) is 4.21. The Bertz CT molecular complexity index is 603. The Kier molecular flexibility index (Phi) is 3.82. The van der Waals surface area contributed by atoms with Crippen molar-refractivity contribution in [1.29, 1.82) is 0 Å². The standard InChI is InChI=1S/C16H21N3O2/c1-3-12-4-5-15(21-12)14-8-11(2)6-7-19(14)16(20)13-9-17-10-18-13/h4-5,9-11,14H,3,6-8H2,1-2H3,(H,17,18)/t11-,14+/m1/s1. The zero-order chi connectivity index (χ0) is 14.8. The third-order valence-corrected chi connectivity index (χ3v) is 4.21. The molecule has 0 aliphatic carbocycles. The van der Waals surface area contributed by atoms with Gasteiger partial charge in [0.15, 0.2) is 0 Å². The first-order valence-electron chi connectivity index (χ1n) is 7.57. The van der Waals surface area contributed by atoms with Crippen molar-refractivity contribution in [3.8, 4) is 0 Å². The predicted octanol–water partition coefficient (Wildman–Crippen LogP) is 3.18. The molecule has 1 N–H and O–H groups in total. The van der Waals surface area contributed by atoms with Crippen molar-refractivity contribution in [2.45, 2.75) is 39.2 Å². The van der Waals surface area contributed by atoms with Gasteiger partial charge in [0.05, 0.1) is 18.6 Å². The number of hydrogen-bond donors (Lipinski definition) is 1. The molecule has 1 aliphatic heterocycles. The molecule has 112 valence electrons. The van der Waals surface area contributed by atoms with Crippen molar-refractivity contribution >= 4 is 5.91 Å². The Balaban J connectivity index is 1.87. The minimum absolute atomic E-state index is 0.00107. The number of aryl methyl sites for hydroxylation is 1. The zero-order valence-electron chi connectivity index (χ0n) is 12.5. The van der Waals surface area contributed by atoms with Gasteiger partial charge in [-0.1, -0.05) is 13.8 Å². The first-order valence-corrected chi connectivity index (χ1v) is 7.57. The average Bonchev–Trinajstić information content (AvgIpc) is 3.18. The number of carbonyl (C=O) groups is 1. The normalized spacial score (nSPS) is 22.5. The lowest BCUT2D eigenvalue weighted by Gasteiger charge is -2.37. The van der Waals surface area contributed by atoms with E-state index in [1.54, 1.807) is 6.20 Å². The number of aromatic nitrogens is 2. The first-order chi connectivity index (χ1) is 10.2. The van der Waals surface area contributed by atoms with Gasteiger partial charge in [0.1, 0.15) is 17.2 Å². The van der Waals surface area contributed by atoms with Crippen LogP contribution in [0.3, 0.4) is 0 Å². The summed E-state index contributed by atoms with van der Waals surface area (Å²) in [6.07, 6.45) is 5.96. The van der Waals surface area contributed by atoms with Gasteiger partial charge in [0.2, 0.25) is 0 Å². The molecule has 1 fully saturated rings. The molecule has 1 saturated heterocycles. The van der Waals surface area contributed by atoms with E-state index in [0.717, 1.165) is 37.3 Å². The molecule has 0 aromatic carbocycles. The van der Waals surface area contributed by atoms with Crippen LogP contribution in [-0.2, 0) is 6.42 Å². The molecule has 5 nitrogen and oxygen atoms in total. The van der Waals surface area contributed by atoms with Gasteiger partial charge in [0, 0.05) is 13.0 Å². The number of aromatic amines is 1. The molecular weight excluding hydrogens is 266 g/mol. The second-order valence-electron chi connectivity index (χ2n) is 5.77. The van der Waals surface area contributed by atoms with Crippen molar-refractivity contribution in [3.63, 3.8) is 0 Å². The van der Waals surface area contributed by atoms with Crippen LogP contribution in [0.5, 0.6) is 0 Å². The first kappa shape index (κ1) is 13.9. The highest BCUT2D eigenvalue weighted by molar-refractivity contribution is 5.92. The molecule has 1 amide bonds. The van der Waals surface area contributed by atoms with Gasteiger partial charge in [0.25, 0.3) is 5.91 Å². The lowest BCUT2D eigenvalue weighted by Crippen LogP contribution is -2.40. The van der Waals surface area contributed by atoms with Crippen LogP contribution in [0.25, 0.3) is 0 Å². The fourth-order valence-corrected chi connectivity index (χ4v) is 2.95. The van der Waals surface area contributed by atoms with E-state index in [1.807, 2.05) is 17.0 Å². The second kappa shape index (κ2) is 5.76. The molecule has 0 radical (unpaired) electrons. The van der Waals surface area contributed by atoms with E-state index in [1.165, 1.54) is 6.33 Å². The fourth-order valence-electron chi connectivity index (χ4n) is 2.95. The maximum absolute atomic E-state index is 12.6. The Labute approximate surface area is 124 Å². The highest BCUT2D eigenvalue weighted by Gasteiger charge is 2.33. The van der Waals surface area contributed by atoms with E-state index in [-0.39, 0.29) is 11.9 Å². The Morgan fingerprint density at radius 2 is 2.38 bits per heavy atom. The highest BCUT2D eigenvalue weighted by atomic mass is 16.3. The van der Waals surface area contributed by atoms with Crippen LogP contribution < -0.4 is 0 Å². The van der Waals surface area contributed by atoms with Crippen molar-refractivity contribution < 1.29 is 9.21 Å². The monoisotopic (exact) mass is 287 g/mol. The quantitative estimate of drug-likeness (QED) is 0.943. The molecule has 2 aromatic heterocycles. The lowest BCUT2D eigenvalue weighted by atomic mass is 9.91. The van der Waals surface area contributed by atoms with Crippen molar-refractivity contribution in [2.24, 2.45) is 5.92 Å². The van der Waals surface area contributed by atoms with Gasteiger partial charge in [-0.05, 0) is 30.9 Å². The molecule has 0 unspecified atom stereocenters. The number of likely N-dealkylation sites (tertiary alicyclic amines) is 1. The van der Waals surface area contributed by atoms with Gasteiger partial charge in [-0.2, -0.15) is 0 Å². The SMILES string of the molecule is CCc1ccc([C@@H]2C[C@H](C)CCN2C(=O)c2cnc[nH]2)o1. The van der Waals surface area contributed by atoms with Gasteiger partial charge in [-0.25, -0.2) is 4.98 Å². The topological polar surface area (TPSA) is 62.1 Å². The van der Waals surface area contributed by atoms with Crippen LogP contribution in [-0.4, -0.2) is 27.3 Å². The summed E-state index contributed by atoms with van der Waals surface area (Å²) in [4.78, 5) is 21.4. The van der Waals surface area contributed by atoms with E-state index in [9.17, 15) is 4.79 Å². The maximum atomic E-state index is 12.6. The molecule has 2 atom stereocenters. The second-order valence-corrected chi connectivity index (χ2v) is 5.77.